The van der Waals surface area contributed by atoms with E-state index in [0.29, 0.717) is 0 Å². The molecule has 0 radical (unpaired) electrons. The van der Waals surface area contributed by atoms with Crippen molar-refractivity contribution in [2.75, 3.05) is 0 Å². The molecule has 1 aliphatic rings. The predicted octanol–water partition coefficient (Wildman–Crippen LogP) is 2.71. The molecule has 0 unspecified atom stereocenters. The average molecular weight is 223 g/mol. The van der Waals surface area contributed by atoms with Crippen LogP contribution < -0.4 is 0 Å². The largest absolute Gasteiger partial charge is 0.280 e. The van der Waals surface area contributed by atoms with E-state index in [1.807, 2.05) is 0 Å². The number of carbonyl (C=O) groups is 2. The van der Waals surface area contributed by atoms with Crippen molar-refractivity contribution in [3.8, 4) is 0 Å². The summed E-state index contributed by atoms with van der Waals surface area (Å²) in [6.45, 7) is 0. The van der Waals surface area contributed by atoms with Gasteiger partial charge in [0.05, 0.1) is 0 Å². The van der Waals surface area contributed by atoms with Crippen molar-refractivity contribution in [3.63, 3.8) is 0 Å². The SMILES string of the molecule is O=C(Cl)C(C(=O)Cl)C1CCCCC1. The van der Waals surface area contributed by atoms with Crippen molar-refractivity contribution < 1.29 is 9.59 Å². The Kier molecular flexibility index (Phi) is 4.20. The standard InChI is InChI=1S/C9H12Cl2O2/c10-8(12)7(9(11)13)6-4-2-1-3-5-6/h6-7H,1-5H2. The summed E-state index contributed by atoms with van der Waals surface area (Å²) in [7, 11) is 0. The molecule has 0 N–H and O–H groups in total. The minimum atomic E-state index is -0.774. The molecule has 0 amide bonds. The first-order valence-corrected chi connectivity index (χ1v) is 5.27. The maximum absolute atomic E-state index is 10.9. The van der Waals surface area contributed by atoms with Gasteiger partial charge in [0.2, 0.25) is 10.5 Å². The van der Waals surface area contributed by atoms with E-state index in [2.05, 4.69) is 0 Å². The minimum absolute atomic E-state index is 0.0729. The first-order valence-electron chi connectivity index (χ1n) is 4.51. The fraction of sp³-hybridized carbons (Fsp3) is 0.778. The first-order chi connectivity index (χ1) is 6.13. The lowest BCUT2D eigenvalue weighted by Crippen LogP contribution is -2.27. The van der Waals surface area contributed by atoms with E-state index in [0.717, 1.165) is 25.7 Å². The molecule has 2 nitrogen and oxygen atoms in total. The molecule has 1 aliphatic carbocycles. The second-order valence-corrected chi connectivity index (χ2v) is 4.23. The highest BCUT2D eigenvalue weighted by Crippen LogP contribution is 2.32. The molecule has 74 valence electrons. The van der Waals surface area contributed by atoms with Crippen LogP contribution in [0.15, 0.2) is 0 Å². The fourth-order valence-corrected chi connectivity index (χ4v) is 2.54. The van der Waals surface area contributed by atoms with E-state index in [9.17, 15) is 9.59 Å². The fourth-order valence-electron chi connectivity index (χ4n) is 1.93. The molecule has 0 saturated heterocycles. The van der Waals surface area contributed by atoms with E-state index >= 15 is 0 Å². The zero-order valence-corrected chi connectivity index (χ0v) is 8.77. The highest BCUT2D eigenvalue weighted by Gasteiger charge is 2.33. The van der Waals surface area contributed by atoms with Crippen LogP contribution in [-0.2, 0) is 9.59 Å². The summed E-state index contributed by atoms with van der Waals surface area (Å²) < 4.78 is 0. The number of hydrogen-bond donors (Lipinski definition) is 0. The summed E-state index contributed by atoms with van der Waals surface area (Å²) in [5, 5.41) is -1.21. The number of carbonyl (C=O) groups excluding carboxylic acids is 2. The highest BCUT2D eigenvalue weighted by atomic mass is 35.5. The Labute approximate surface area is 87.6 Å². The van der Waals surface area contributed by atoms with Gasteiger partial charge in [-0.3, -0.25) is 9.59 Å². The Morgan fingerprint density at radius 2 is 1.46 bits per heavy atom. The van der Waals surface area contributed by atoms with Crippen LogP contribution in [0.4, 0.5) is 0 Å². The van der Waals surface area contributed by atoms with Gasteiger partial charge in [-0.25, -0.2) is 0 Å². The third-order valence-electron chi connectivity index (χ3n) is 2.61. The minimum Gasteiger partial charge on any atom is -0.280 e. The molecule has 1 rings (SSSR count). The number of rotatable bonds is 3. The zero-order chi connectivity index (χ0) is 9.84. The van der Waals surface area contributed by atoms with Crippen LogP contribution >= 0.6 is 23.2 Å². The van der Waals surface area contributed by atoms with Crippen LogP contribution in [0.25, 0.3) is 0 Å². The molecule has 1 saturated carbocycles. The molecule has 0 aromatic rings. The zero-order valence-electron chi connectivity index (χ0n) is 7.26. The van der Waals surface area contributed by atoms with Gasteiger partial charge in [-0.1, -0.05) is 19.3 Å². The molecule has 0 bridgehead atoms. The van der Waals surface area contributed by atoms with Crippen molar-refractivity contribution >= 4 is 33.7 Å². The van der Waals surface area contributed by atoms with Crippen LogP contribution in [0.3, 0.4) is 0 Å². The normalized spacial score (nSPS) is 19.0. The Bertz CT molecular complexity index is 196. The maximum atomic E-state index is 10.9. The van der Waals surface area contributed by atoms with Gasteiger partial charge in [0.25, 0.3) is 0 Å². The molecule has 0 spiro atoms. The molecule has 4 heteroatoms. The van der Waals surface area contributed by atoms with Crippen molar-refractivity contribution in [2.45, 2.75) is 32.1 Å². The quantitative estimate of drug-likeness (QED) is 0.544. The number of halogens is 2. The van der Waals surface area contributed by atoms with Crippen molar-refractivity contribution in [1.82, 2.24) is 0 Å². The smallest absolute Gasteiger partial charge is 0.233 e. The van der Waals surface area contributed by atoms with Gasteiger partial charge in [-0.2, -0.15) is 0 Å². The van der Waals surface area contributed by atoms with Crippen LogP contribution in [-0.4, -0.2) is 10.5 Å². The molecule has 0 aliphatic heterocycles. The molecule has 1 fully saturated rings. The summed E-state index contributed by atoms with van der Waals surface area (Å²) in [5.41, 5.74) is 0. The Hall–Kier alpha value is -0.0800. The molecular formula is C9H12Cl2O2. The van der Waals surface area contributed by atoms with Gasteiger partial charge < -0.3 is 0 Å². The van der Waals surface area contributed by atoms with Gasteiger partial charge in [-0.05, 0) is 42.0 Å². The summed E-state index contributed by atoms with van der Waals surface area (Å²) in [5.74, 6) is -0.701. The van der Waals surface area contributed by atoms with Crippen LogP contribution in [0.5, 0.6) is 0 Å². The van der Waals surface area contributed by atoms with Crippen LogP contribution in [0.2, 0.25) is 0 Å². The third-order valence-corrected chi connectivity index (χ3v) is 3.08. The average Bonchev–Trinajstić information content (AvgIpc) is 2.04. The molecule has 0 aromatic heterocycles. The molecule has 13 heavy (non-hydrogen) atoms. The van der Waals surface area contributed by atoms with Crippen LogP contribution in [0, 0.1) is 11.8 Å². The van der Waals surface area contributed by atoms with Crippen LogP contribution in [0.1, 0.15) is 32.1 Å². The van der Waals surface area contributed by atoms with Gasteiger partial charge in [0, 0.05) is 0 Å². The van der Waals surface area contributed by atoms with E-state index in [-0.39, 0.29) is 5.92 Å². The van der Waals surface area contributed by atoms with E-state index in [1.165, 1.54) is 6.42 Å². The lowest BCUT2D eigenvalue weighted by Gasteiger charge is -2.25. The topological polar surface area (TPSA) is 34.1 Å². The molecule has 0 aromatic carbocycles. The maximum Gasteiger partial charge on any atom is 0.233 e. The summed E-state index contributed by atoms with van der Waals surface area (Å²) in [6.07, 6.45) is 5.09. The second kappa shape index (κ2) is 4.97. The van der Waals surface area contributed by atoms with E-state index in [1.54, 1.807) is 0 Å². The van der Waals surface area contributed by atoms with Crippen molar-refractivity contribution in [3.05, 3.63) is 0 Å². The monoisotopic (exact) mass is 222 g/mol. The molecular weight excluding hydrogens is 211 g/mol. The summed E-state index contributed by atoms with van der Waals surface area (Å²) >= 11 is 10.7. The van der Waals surface area contributed by atoms with Gasteiger partial charge in [0.15, 0.2) is 0 Å². The second-order valence-electron chi connectivity index (χ2n) is 3.48. The lowest BCUT2D eigenvalue weighted by molar-refractivity contribution is -0.126. The van der Waals surface area contributed by atoms with Gasteiger partial charge in [0.1, 0.15) is 5.92 Å². The highest BCUT2D eigenvalue weighted by molar-refractivity contribution is 6.73. The predicted molar refractivity (Wildman–Crippen MR) is 51.8 cm³/mol. The van der Waals surface area contributed by atoms with Crippen molar-refractivity contribution in [1.29, 1.82) is 0 Å². The van der Waals surface area contributed by atoms with Gasteiger partial charge in [-0.15, -0.1) is 0 Å². The third kappa shape index (κ3) is 2.96. The van der Waals surface area contributed by atoms with Gasteiger partial charge >= 0.3 is 0 Å². The molecule has 0 heterocycles. The summed E-state index contributed by atoms with van der Waals surface area (Å²) in [6, 6.07) is 0. The lowest BCUT2D eigenvalue weighted by atomic mass is 9.81. The Morgan fingerprint density at radius 1 is 1.00 bits per heavy atom. The van der Waals surface area contributed by atoms with E-state index in [4.69, 9.17) is 23.2 Å². The molecule has 0 atom stereocenters. The summed E-state index contributed by atoms with van der Waals surface area (Å²) in [4.78, 5) is 21.9. The first kappa shape index (κ1) is 11.0. The van der Waals surface area contributed by atoms with E-state index < -0.39 is 16.4 Å². The Balaban J connectivity index is 2.62. The van der Waals surface area contributed by atoms with Crippen molar-refractivity contribution in [2.24, 2.45) is 11.8 Å². The number of hydrogen-bond acceptors (Lipinski definition) is 2. The Morgan fingerprint density at radius 3 is 1.85 bits per heavy atom.